The molecule has 9 heteroatoms. The van der Waals surface area contributed by atoms with Crippen molar-refractivity contribution in [3.05, 3.63) is 58.7 Å². The predicted octanol–water partition coefficient (Wildman–Crippen LogP) is 2.42. The summed E-state index contributed by atoms with van der Waals surface area (Å²) >= 11 is 0. The molecule has 192 valence electrons. The number of guanidine groups is 1. The Bertz CT molecular complexity index is 1150. The molecular formula is C27H35N5O4. The van der Waals surface area contributed by atoms with Crippen molar-refractivity contribution in [3.8, 4) is 11.5 Å². The summed E-state index contributed by atoms with van der Waals surface area (Å²) in [5, 5.41) is 2.61. The molecule has 0 aromatic heterocycles. The molecule has 2 unspecified atom stereocenters. The summed E-state index contributed by atoms with van der Waals surface area (Å²) in [5.74, 6) is 1.48. The number of amides is 1. The molecule has 36 heavy (non-hydrogen) atoms. The summed E-state index contributed by atoms with van der Waals surface area (Å²) in [6.45, 7) is 5.30. The van der Waals surface area contributed by atoms with Crippen LogP contribution in [0.2, 0.25) is 0 Å². The van der Waals surface area contributed by atoms with Gasteiger partial charge in [-0.05, 0) is 56.8 Å². The van der Waals surface area contributed by atoms with E-state index in [1.54, 1.807) is 26.4 Å². The van der Waals surface area contributed by atoms with Crippen molar-refractivity contribution in [1.82, 2.24) is 10.2 Å². The monoisotopic (exact) mass is 493 g/mol. The summed E-state index contributed by atoms with van der Waals surface area (Å²) in [4.78, 5) is 24.2. The lowest BCUT2D eigenvalue weighted by Crippen LogP contribution is -2.41. The zero-order valence-electron chi connectivity index (χ0n) is 21.4. The first-order valence-electron chi connectivity index (χ1n) is 12.3. The largest absolute Gasteiger partial charge is 0.493 e. The number of hydrogen-bond acceptors (Lipinski definition) is 7. The predicted molar refractivity (Wildman–Crippen MR) is 141 cm³/mol. The Morgan fingerprint density at radius 2 is 2.00 bits per heavy atom. The fraction of sp³-hybridized carbons (Fsp3) is 0.444. The first-order valence-corrected chi connectivity index (χ1v) is 12.3. The van der Waals surface area contributed by atoms with E-state index in [0.717, 1.165) is 42.1 Å². The number of carbonyl (C=O) groups excluding carboxylic acids is 1. The average molecular weight is 494 g/mol. The Balaban J connectivity index is 1.65. The minimum Gasteiger partial charge on any atom is -0.493 e. The quantitative estimate of drug-likeness (QED) is 0.332. The Morgan fingerprint density at radius 3 is 2.69 bits per heavy atom. The molecule has 1 amide bonds. The van der Waals surface area contributed by atoms with Gasteiger partial charge in [-0.1, -0.05) is 12.1 Å². The third-order valence-electron chi connectivity index (χ3n) is 6.60. The number of aliphatic imine (C=N–C) groups is 2. The average Bonchev–Trinajstić information content (AvgIpc) is 2.88. The van der Waals surface area contributed by atoms with E-state index in [2.05, 4.69) is 28.3 Å². The normalized spacial score (nSPS) is 19.7. The van der Waals surface area contributed by atoms with Crippen LogP contribution in [0.4, 0.5) is 0 Å². The van der Waals surface area contributed by atoms with E-state index in [0.29, 0.717) is 31.1 Å². The van der Waals surface area contributed by atoms with Crippen LogP contribution in [-0.2, 0) is 4.74 Å². The van der Waals surface area contributed by atoms with Gasteiger partial charge in [-0.25, -0.2) is 0 Å². The van der Waals surface area contributed by atoms with Gasteiger partial charge in [-0.2, -0.15) is 0 Å². The lowest BCUT2D eigenvalue weighted by Gasteiger charge is -2.39. The molecule has 0 spiro atoms. The Hall–Kier alpha value is -3.43. The van der Waals surface area contributed by atoms with Crippen molar-refractivity contribution < 1.29 is 19.0 Å². The van der Waals surface area contributed by atoms with Gasteiger partial charge < -0.3 is 24.8 Å². The first-order chi connectivity index (χ1) is 17.4. The molecule has 0 aliphatic carbocycles. The molecule has 2 aromatic rings. The number of piperidine rings is 1. The molecule has 1 saturated heterocycles. The third-order valence-corrected chi connectivity index (χ3v) is 6.60. The van der Waals surface area contributed by atoms with Gasteiger partial charge in [-0.15, -0.1) is 0 Å². The number of hydrogen-bond donors (Lipinski definition) is 2. The van der Waals surface area contributed by atoms with Gasteiger partial charge in [0.15, 0.2) is 17.5 Å². The number of nitrogens with two attached hydrogens (primary N) is 1. The number of methoxy groups -OCH3 is 2. The Kier molecular flexibility index (Phi) is 8.22. The van der Waals surface area contributed by atoms with Crippen LogP contribution in [0, 0.1) is 0 Å². The molecule has 2 aliphatic rings. The molecule has 2 aromatic carbocycles. The van der Waals surface area contributed by atoms with Crippen LogP contribution in [0.15, 0.2) is 46.4 Å². The highest BCUT2D eigenvalue weighted by atomic mass is 16.5. The molecule has 2 heterocycles. The zero-order valence-corrected chi connectivity index (χ0v) is 21.4. The number of carbonyl (C=O) groups is 1. The van der Waals surface area contributed by atoms with E-state index >= 15 is 0 Å². The number of likely N-dealkylation sites (tertiary alicyclic amines) is 1. The second-order valence-electron chi connectivity index (χ2n) is 9.02. The topological polar surface area (TPSA) is 111 Å². The highest BCUT2D eigenvalue weighted by molar-refractivity contribution is 6.15. The Morgan fingerprint density at radius 1 is 1.22 bits per heavy atom. The van der Waals surface area contributed by atoms with Gasteiger partial charge in [-0.3, -0.25) is 20.1 Å². The van der Waals surface area contributed by atoms with Crippen molar-refractivity contribution in [2.45, 2.75) is 25.3 Å². The number of nitrogens with one attached hydrogen (secondary N) is 1. The highest BCUT2D eigenvalue weighted by Crippen LogP contribution is 2.42. The SMILES string of the molecule is CCOc1cc2c(cc1OC)C(c1ccc(C(=O)NC(N)=NCCOC)cc1)=NC1CCN(C)CC21. The first kappa shape index (κ1) is 25.7. The third kappa shape index (κ3) is 5.52. The maximum absolute atomic E-state index is 12.6. The fourth-order valence-corrected chi connectivity index (χ4v) is 4.81. The minimum absolute atomic E-state index is 0.0669. The Labute approximate surface area is 212 Å². The van der Waals surface area contributed by atoms with Gasteiger partial charge in [0.05, 0.1) is 38.6 Å². The molecular weight excluding hydrogens is 458 g/mol. The molecule has 0 radical (unpaired) electrons. The standard InChI is InChI=1S/C27H35N5O4/c1-5-36-24-14-19-20(15-23(24)35-4)25(30-22-10-12-32(2)16-21(19)22)17-6-8-18(9-7-17)26(33)31-27(28)29-11-13-34-3/h6-9,14-15,21-22H,5,10-13,16H2,1-4H3,(H3,28,29,31,33). The maximum Gasteiger partial charge on any atom is 0.257 e. The summed E-state index contributed by atoms with van der Waals surface area (Å²) in [6, 6.07) is 11.8. The molecule has 4 rings (SSSR count). The van der Waals surface area contributed by atoms with Gasteiger partial charge in [0.1, 0.15) is 0 Å². The van der Waals surface area contributed by atoms with E-state index in [9.17, 15) is 4.79 Å². The van der Waals surface area contributed by atoms with Crippen molar-refractivity contribution in [2.75, 3.05) is 54.1 Å². The number of rotatable bonds is 8. The molecule has 0 bridgehead atoms. The van der Waals surface area contributed by atoms with Crippen LogP contribution in [-0.4, -0.2) is 82.6 Å². The number of ether oxygens (including phenoxy) is 3. The molecule has 9 nitrogen and oxygen atoms in total. The summed E-state index contributed by atoms with van der Waals surface area (Å²) < 4.78 is 16.5. The van der Waals surface area contributed by atoms with Crippen LogP contribution in [0.1, 0.15) is 46.3 Å². The molecule has 3 N–H and O–H groups in total. The molecule has 0 saturated carbocycles. The summed E-state index contributed by atoms with van der Waals surface area (Å²) in [7, 11) is 5.39. The van der Waals surface area contributed by atoms with Crippen molar-refractivity contribution in [1.29, 1.82) is 0 Å². The number of benzene rings is 2. The van der Waals surface area contributed by atoms with Crippen LogP contribution >= 0.6 is 0 Å². The summed E-state index contributed by atoms with van der Waals surface area (Å²) in [6.07, 6.45) is 0.988. The van der Waals surface area contributed by atoms with Crippen LogP contribution in [0.3, 0.4) is 0 Å². The zero-order chi connectivity index (χ0) is 25.7. The molecule has 1 fully saturated rings. The van der Waals surface area contributed by atoms with Gasteiger partial charge in [0.2, 0.25) is 0 Å². The number of likely N-dealkylation sites (N-methyl/N-ethyl adjacent to an activating group) is 1. The number of nitrogens with zero attached hydrogens (tertiary/aromatic N) is 3. The van der Waals surface area contributed by atoms with Crippen LogP contribution in [0.5, 0.6) is 11.5 Å². The second kappa shape index (κ2) is 11.5. The smallest absolute Gasteiger partial charge is 0.257 e. The highest BCUT2D eigenvalue weighted by Gasteiger charge is 2.36. The van der Waals surface area contributed by atoms with Gasteiger partial charge in [0.25, 0.3) is 5.91 Å². The van der Waals surface area contributed by atoms with Crippen molar-refractivity contribution in [2.24, 2.45) is 15.7 Å². The van der Waals surface area contributed by atoms with Crippen LogP contribution < -0.4 is 20.5 Å². The number of fused-ring (bicyclic) bond motifs is 3. The van der Waals surface area contributed by atoms with Gasteiger partial charge in [0, 0.05) is 36.3 Å². The van der Waals surface area contributed by atoms with E-state index in [4.69, 9.17) is 24.9 Å². The lowest BCUT2D eigenvalue weighted by atomic mass is 9.79. The molecule has 2 aliphatic heterocycles. The van der Waals surface area contributed by atoms with E-state index in [-0.39, 0.29) is 23.8 Å². The van der Waals surface area contributed by atoms with Gasteiger partial charge >= 0.3 is 0 Å². The van der Waals surface area contributed by atoms with Crippen LogP contribution in [0.25, 0.3) is 0 Å². The van der Waals surface area contributed by atoms with Crippen molar-refractivity contribution in [3.63, 3.8) is 0 Å². The summed E-state index contributed by atoms with van der Waals surface area (Å²) in [5.41, 5.74) is 10.4. The molecule has 2 atom stereocenters. The maximum atomic E-state index is 12.6. The fourth-order valence-electron chi connectivity index (χ4n) is 4.81. The minimum atomic E-state index is -0.315. The lowest BCUT2D eigenvalue weighted by molar-refractivity contribution is 0.0976. The van der Waals surface area contributed by atoms with Crippen molar-refractivity contribution >= 4 is 17.6 Å². The van der Waals surface area contributed by atoms with E-state index in [1.165, 1.54) is 5.56 Å². The second-order valence-corrected chi connectivity index (χ2v) is 9.02. The van der Waals surface area contributed by atoms with E-state index < -0.39 is 0 Å². The van der Waals surface area contributed by atoms with E-state index in [1.807, 2.05) is 25.1 Å².